The number of hydrogen-bond acceptors (Lipinski definition) is 6. The topological polar surface area (TPSA) is 103 Å². The van der Waals surface area contributed by atoms with Gasteiger partial charge in [0.15, 0.2) is 11.5 Å². The summed E-state index contributed by atoms with van der Waals surface area (Å²) in [5, 5.41) is 11.2. The quantitative estimate of drug-likeness (QED) is 0.742. The number of hydrogen-bond donors (Lipinski definition) is 1. The Balaban J connectivity index is 1.68. The standard InChI is InChI=1S/C19H20N4O4/c1-12-9-16(27-22-12)14-10-18(25)23(21-19(14)15-7-4-8-26-15)11-17(24)20-13-5-2-3-6-13/h4,7-10,13H,2-3,5-6,11H2,1H3,(H,20,24). The van der Waals surface area contributed by atoms with Crippen molar-refractivity contribution in [2.75, 3.05) is 0 Å². The van der Waals surface area contributed by atoms with Crippen LogP contribution in [0.2, 0.25) is 0 Å². The molecule has 8 nitrogen and oxygen atoms in total. The minimum Gasteiger partial charge on any atom is -0.463 e. The van der Waals surface area contributed by atoms with Gasteiger partial charge in [0.25, 0.3) is 5.56 Å². The number of amides is 1. The van der Waals surface area contributed by atoms with Gasteiger partial charge in [-0.3, -0.25) is 9.59 Å². The number of furan rings is 1. The maximum absolute atomic E-state index is 12.5. The molecule has 140 valence electrons. The minimum absolute atomic E-state index is 0.140. The third kappa shape index (κ3) is 3.69. The molecule has 1 aliphatic rings. The van der Waals surface area contributed by atoms with Gasteiger partial charge in [0.05, 0.1) is 17.5 Å². The van der Waals surface area contributed by atoms with Crippen LogP contribution in [-0.2, 0) is 11.3 Å². The van der Waals surface area contributed by atoms with E-state index in [1.54, 1.807) is 25.1 Å². The summed E-state index contributed by atoms with van der Waals surface area (Å²) in [5.74, 6) is 0.681. The Morgan fingerprint density at radius 2 is 2.11 bits per heavy atom. The van der Waals surface area contributed by atoms with E-state index in [2.05, 4.69) is 15.6 Å². The van der Waals surface area contributed by atoms with E-state index in [1.807, 2.05) is 0 Å². The lowest BCUT2D eigenvalue weighted by Gasteiger charge is -2.13. The van der Waals surface area contributed by atoms with Crippen molar-refractivity contribution in [3.05, 3.63) is 46.6 Å². The van der Waals surface area contributed by atoms with Crippen LogP contribution in [-0.4, -0.2) is 26.9 Å². The Bertz CT molecular complexity index is 997. The predicted octanol–water partition coefficient (Wildman–Crippen LogP) is 2.53. The highest BCUT2D eigenvalue weighted by molar-refractivity contribution is 5.77. The molecule has 27 heavy (non-hydrogen) atoms. The zero-order valence-electron chi connectivity index (χ0n) is 15.0. The van der Waals surface area contributed by atoms with Crippen molar-refractivity contribution in [2.45, 2.75) is 45.2 Å². The Morgan fingerprint density at radius 1 is 1.30 bits per heavy atom. The van der Waals surface area contributed by atoms with E-state index in [4.69, 9.17) is 8.94 Å². The van der Waals surface area contributed by atoms with E-state index in [9.17, 15) is 9.59 Å². The SMILES string of the molecule is Cc1cc(-c2cc(=O)n(CC(=O)NC3CCCC3)nc2-c2ccco2)on1. The highest BCUT2D eigenvalue weighted by Crippen LogP contribution is 2.29. The molecule has 0 aromatic carbocycles. The second-order valence-electron chi connectivity index (χ2n) is 6.76. The second kappa shape index (κ2) is 7.22. The number of aryl methyl sites for hydroxylation is 1. The number of nitrogens with zero attached hydrogens (tertiary/aromatic N) is 3. The van der Waals surface area contributed by atoms with Crippen LogP contribution in [0.25, 0.3) is 22.8 Å². The molecule has 0 bridgehead atoms. The Kier molecular flexibility index (Phi) is 4.62. The summed E-state index contributed by atoms with van der Waals surface area (Å²) in [7, 11) is 0. The summed E-state index contributed by atoms with van der Waals surface area (Å²) in [4.78, 5) is 24.9. The van der Waals surface area contributed by atoms with Crippen molar-refractivity contribution in [2.24, 2.45) is 0 Å². The average Bonchev–Trinajstić information content (AvgIpc) is 3.38. The maximum atomic E-state index is 12.5. The molecular weight excluding hydrogens is 348 g/mol. The van der Waals surface area contributed by atoms with Gasteiger partial charge in [-0.1, -0.05) is 18.0 Å². The van der Waals surface area contributed by atoms with Crippen molar-refractivity contribution in [3.63, 3.8) is 0 Å². The molecule has 3 heterocycles. The van der Waals surface area contributed by atoms with E-state index in [0.717, 1.165) is 30.4 Å². The van der Waals surface area contributed by atoms with Gasteiger partial charge < -0.3 is 14.3 Å². The molecule has 1 N–H and O–H groups in total. The zero-order chi connectivity index (χ0) is 18.8. The van der Waals surface area contributed by atoms with Crippen LogP contribution in [0.5, 0.6) is 0 Å². The largest absolute Gasteiger partial charge is 0.463 e. The van der Waals surface area contributed by atoms with E-state index < -0.39 is 5.56 Å². The van der Waals surface area contributed by atoms with Gasteiger partial charge in [0.2, 0.25) is 5.91 Å². The number of carbonyl (C=O) groups is 1. The van der Waals surface area contributed by atoms with Gasteiger partial charge in [-0.05, 0) is 31.9 Å². The zero-order valence-corrected chi connectivity index (χ0v) is 15.0. The Labute approximate surface area is 155 Å². The van der Waals surface area contributed by atoms with Crippen LogP contribution in [0.3, 0.4) is 0 Å². The second-order valence-corrected chi connectivity index (χ2v) is 6.76. The minimum atomic E-state index is -0.393. The molecule has 1 saturated carbocycles. The number of rotatable bonds is 5. The molecular formula is C19H20N4O4. The monoisotopic (exact) mass is 368 g/mol. The van der Waals surface area contributed by atoms with Gasteiger partial charge in [-0.25, -0.2) is 4.68 Å². The molecule has 0 spiro atoms. The summed E-state index contributed by atoms with van der Waals surface area (Å²) < 4.78 is 11.9. The van der Waals surface area contributed by atoms with E-state index >= 15 is 0 Å². The average molecular weight is 368 g/mol. The van der Waals surface area contributed by atoms with Gasteiger partial charge >= 0.3 is 0 Å². The molecule has 1 fully saturated rings. The van der Waals surface area contributed by atoms with Gasteiger partial charge in [0, 0.05) is 18.2 Å². The van der Waals surface area contributed by atoms with Crippen molar-refractivity contribution >= 4 is 5.91 Å². The van der Waals surface area contributed by atoms with Gasteiger partial charge in [0.1, 0.15) is 12.2 Å². The number of aromatic nitrogens is 3. The van der Waals surface area contributed by atoms with Crippen LogP contribution in [0, 0.1) is 6.92 Å². The molecule has 3 aromatic heterocycles. The first-order valence-electron chi connectivity index (χ1n) is 8.99. The smallest absolute Gasteiger partial charge is 0.268 e. The molecule has 0 radical (unpaired) electrons. The van der Waals surface area contributed by atoms with Crippen molar-refractivity contribution in [1.29, 1.82) is 0 Å². The van der Waals surface area contributed by atoms with E-state index in [-0.39, 0.29) is 18.5 Å². The fourth-order valence-corrected chi connectivity index (χ4v) is 3.36. The first kappa shape index (κ1) is 17.3. The van der Waals surface area contributed by atoms with Crippen LogP contribution in [0.1, 0.15) is 31.4 Å². The van der Waals surface area contributed by atoms with Crippen LogP contribution >= 0.6 is 0 Å². The summed E-state index contributed by atoms with van der Waals surface area (Å²) >= 11 is 0. The van der Waals surface area contributed by atoms with Gasteiger partial charge in [-0.2, -0.15) is 5.10 Å². The fourth-order valence-electron chi connectivity index (χ4n) is 3.36. The Morgan fingerprint density at radius 3 is 2.78 bits per heavy atom. The molecule has 1 aliphatic carbocycles. The Hall–Kier alpha value is -3.16. The van der Waals surface area contributed by atoms with Crippen LogP contribution in [0.15, 0.2) is 44.3 Å². The van der Waals surface area contributed by atoms with Crippen LogP contribution < -0.4 is 10.9 Å². The lowest BCUT2D eigenvalue weighted by Crippen LogP contribution is -2.38. The fraction of sp³-hybridized carbons (Fsp3) is 0.368. The molecule has 4 rings (SSSR count). The molecule has 1 amide bonds. The lowest BCUT2D eigenvalue weighted by atomic mass is 10.1. The molecule has 8 heteroatoms. The first-order chi connectivity index (χ1) is 13.1. The molecule has 0 aliphatic heterocycles. The lowest BCUT2D eigenvalue weighted by molar-refractivity contribution is -0.122. The normalized spacial score (nSPS) is 14.6. The highest BCUT2D eigenvalue weighted by Gasteiger charge is 2.21. The third-order valence-corrected chi connectivity index (χ3v) is 4.66. The summed E-state index contributed by atoms with van der Waals surface area (Å²) in [6.07, 6.45) is 5.73. The van der Waals surface area contributed by atoms with Crippen LogP contribution in [0.4, 0.5) is 0 Å². The van der Waals surface area contributed by atoms with Crippen molar-refractivity contribution in [1.82, 2.24) is 20.3 Å². The molecule has 0 atom stereocenters. The predicted molar refractivity (Wildman–Crippen MR) is 96.8 cm³/mol. The maximum Gasteiger partial charge on any atom is 0.268 e. The molecule has 0 unspecified atom stereocenters. The van der Waals surface area contributed by atoms with E-state index in [0.29, 0.717) is 28.5 Å². The summed E-state index contributed by atoms with van der Waals surface area (Å²) in [5.41, 5.74) is 1.19. The summed E-state index contributed by atoms with van der Waals surface area (Å²) in [6.45, 7) is 1.65. The van der Waals surface area contributed by atoms with Crippen molar-refractivity contribution in [3.8, 4) is 22.8 Å². The third-order valence-electron chi connectivity index (χ3n) is 4.66. The highest BCUT2D eigenvalue weighted by atomic mass is 16.5. The van der Waals surface area contributed by atoms with Crippen molar-refractivity contribution < 1.29 is 13.7 Å². The first-order valence-corrected chi connectivity index (χ1v) is 8.99. The molecule has 0 saturated heterocycles. The van der Waals surface area contributed by atoms with E-state index in [1.165, 1.54) is 12.3 Å². The molecule has 3 aromatic rings. The number of carbonyl (C=O) groups excluding carboxylic acids is 1. The number of nitrogens with one attached hydrogen (secondary N) is 1. The van der Waals surface area contributed by atoms with Gasteiger partial charge in [-0.15, -0.1) is 0 Å². The summed E-state index contributed by atoms with van der Waals surface area (Å²) in [6, 6.07) is 6.78.